The van der Waals surface area contributed by atoms with Crippen LogP contribution in [0.2, 0.25) is 0 Å². The number of likely N-dealkylation sites (N-methyl/N-ethyl adjacent to an activating group) is 2. The molecule has 5 N–H and O–H groups in total. The Kier molecular flexibility index (Phi) is 23.9. The number of nitrogens with one attached hydrogen (secondary N) is 4. The Morgan fingerprint density at radius 1 is 0.857 bits per heavy atom. The van der Waals surface area contributed by atoms with Gasteiger partial charge in [-0.2, -0.15) is 0 Å². The van der Waals surface area contributed by atoms with Crippen LogP contribution < -0.4 is 26.0 Å². The Hall–Kier alpha value is -6.57. The molecule has 0 aliphatic carbocycles. The zero-order chi connectivity index (χ0) is 57.4. The van der Waals surface area contributed by atoms with Crippen molar-refractivity contribution in [2.75, 3.05) is 27.7 Å². The van der Waals surface area contributed by atoms with Crippen molar-refractivity contribution in [1.29, 1.82) is 0 Å². The first-order chi connectivity index (χ1) is 36.3. The number of ether oxygens (including phenoxy) is 3. The van der Waals surface area contributed by atoms with Gasteiger partial charge in [-0.25, -0.2) is 9.59 Å². The Morgan fingerprint density at radius 2 is 1.51 bits per heavy atom. The highest BCUT2D eigenvalue weighted by molar-refractivity contribution is 6.06. The summed E-state index contributed by atoms with van der Waals surface area (Å²) in [6.07, 6.45) is -3.26. The number of Topliss-reactive ketones (excluding diaryl/α,β-unsaturated/α-hetero) is 1. The second-order valence-electron chi connectivity index (χ2n) is 21.9. The van der Waals surface area contributed by atoms with E-state index in [0.717, 1.165) is 4.90 Å². The summed E-state index contributed by atoms with van der Waals surface area (Å²) in [6.45, 7) is 17.2. The number of aliphatic hydroxyl groups is 1. The molecule has 0 spiro atoms. The van der Waals surface area contributed by atoms with E-state index in [4.69, 9.17) is 14.2 Å². The van der Waals surface area contributed by atoms with Crippen molar-refractivity contribution >= 4 is 53.3 Å². The Bertz CT molecular complexity index is 2350. The lowest BCUT2D eigenvalue weighted by molar-refractivity contribution is -0.162. The first-order valence-electron chi connectivity index (χ1n) is 27.1. The molecule has 0 bridgehead atoms. The maximum absolute atomic E-state index is 14.9. The number of methoxy groups -OCH3 is 1. The van der Waals surface area contributed by atoms with Crippen molar-refractivity contribution in [2.24, 2.45) is 29.6 Å². The van der Waals surface area contributed by atoms with E-state index >= 15 is 0 Å². The lowest BCUT2D eigenvalue weighted by atomic mass is 9.89. The number of aliphatic hydroxyl groups excluding tert-OH is 1. The number of esters is 1. The minimum Gasteiger partial charge on any atom is -0.497 e. The van der Waals surface area contributed by atoms with E-state index < -0.39 is 132 Å². The summed E-state index contributed by atoms with van der Waals surface area (Å²) in [6, 6.07) is 6.91. The minimum atomic E-state index is -1.71. The third-order valence-corrected chi connectivity index (χ3v) is 14.6. The maximum Gasteiger partial charge on any atom is 0.410 e. The molecule has 0 saturated carbocycles. The van der Waals surface area contributed by atoms with Gasteiger partial charge in [0.15, 0.2) is 5.78 Å². The number of rotatable bonds is 15. The SMILES string of the molecule is CC[C@H](C)[C@H]1NC(=O)C(NC(=O)[C@@H](CC(C)C)N(C)C(=O)OCc2ccccc2)[C@@H](C)OC(=O)[C@H](Cc2ccc(OC)cc2)N(C)C(=O)C2CCCN2C(=O)C(CC(C)C)NC(=O)[C@@H](C)C(=O)[C@H](C(C)C)NC(=O)CC1O. The summed E-state index contributed by atoms with van der Waals surface area (Å²) >= 11 is 0. The summed E-state index contributed by atoms with van der Waals surface area (Å²) in [5.74, 6) is -8.08. The molecule has 7 amide bonds. The molecule has 11 atom stereocenters. The molecule has 2 aromatic rings. The topological polar surface area (TPSA) is 259 Å². The van der Waals surface area contributed by atoms with Gasteiger partial charge < -0.3 is 50.4 Å². The number of ketones is 1. The fraction of sp³-hybridized carbons (Fsp3) is 0.632. The highest BCUT2D eigenvalue weighted by Gasteiger charge is 2.44. The summed E-state index contributed by atoms with van der Waals surface area (Å²) < 4.78 is 17.1. The predicted molar refractivity (Wildman–Crippen MR) is 287 cm³/mol. The van der Waals surface area contributed by atoms with Crippen molar-refractivity contribution in [3.63, 3.8) is 0 Å². The second-order valence-corrected chi connectivity index (χ2v) is 21.9. The van der Waals surface area contributed by atoms with Crippen LogP contribution in [0.3, 0.4) is 0 Å². The molecule has 2 aliphatic rings. The fourth-order valence-electron chi connectivity index (χ4n) is 9.68. The van der Waals surface area contributed by atoms with Gasteiger partial charge in [0, 0.05) is 27.1 Å². The van der Waals surface area contributed by atoms with Crippen LogP contribution in [-0.2, 0) is 60.9 Å². The number of nitrogens with zero attached hydrogens (tertiary/aromatic N) is 3. The summed E-state index contributed by atoms with van der Waals surface area (Å²) in [5.41, 5.74) is 1.31. The maximum atomic E-state index is 14.9. The van der Waals surface area contributed by atoms with Crippen molar-refractivity contribution in [1.82, 2.24) is 36.0 Å². The lowest BCUT2D eigenvalue weighted by Gasteiger charge is -2.36. The number of carbonyl (C=O) groups is 9. The third kappa shape index (κ3) is 17.5. The fourth-order valence-corrected chi connectivity index (χ4v) is 9.68. The summed E-state index contributed by atoms with van der Waals surface area (Å²) in [5, 5.41) is 22.9. The van der Waals surface area contributed by atoms with Gasteiger partial charge in [0.1, 0.15) is 48.7 Å². The van der Waals surface area contributed by atoms with Gasteiger partial charge >= 0.3 is 12.1 Å². The molecule has 2 saturated heterocycles. The van der Waals surface area contributed by atoms with Crippen LogP contribution in [0.1, 0.15) is 119 Å². The van der Waals surface area contributed by atoms with Crippen LogP contribution in [0.4, 0.5) is 4.79 Å². The molecule has 2 fully saturated rings. The van der Waals surface area contributed by atoms with Gasteiger partial charge in [0.2, 0.25) is 35.4 Å². The number of amides is 7. The average molecular weight is 1080 g/mol. The van der Waals surface area contributed by atoms with Gasteiger partial charge in [0.25, 0.3) is 0 Å². The van der Waals surface area contributed by atoms with Crippen LogP contribution in [0.25, 0.3) is 0 Å². The van der Waals surface area contributed by atoms with E-state index in [0.29, 0.717) is 29.7 Å². The predicted octanol–water partition coefficient (Wildman–Crippen LogP) is 4.33. The average Bonchev–Trinajstić information content (AvgIpc) is 3.89. The van der Waals surface area contributed by atoms with Gasteiger partial charge in [-0.15, -0.1) is 0 Å². The Morgan fingerprint density at radius 3 is 2.09 bits per heavy atom. The molecular weight excluding hydrogens is 991 g/mol. The highest BCUT2D eigenvalue weighted by atomic mass is 16.6. The van der Waals surface area contributed by atoms with E-state index in [1.165, 1.54) is 44.9 Å². The molecular formula is C57H85N7O13. The first-order valence-corrected chi connectivity index (χ1v) is 27.1. The van der Waals surface area contributed by atoms with Gasteiger partial charge in [0.05, 0.1) is 37.6 Å². The minimum absolute atomic E-state index is 0.0811. The van der Waals surface area contributed by atoms with E-state index in [-0.39, 0.29) is 50.7 Å². The lowest BCUT2D eigenvalue weighted by Crippen LogP contribution is -2.61. The molecule has 426 valence electrons. The summed E-state index contributed by atoms with van der Waals surface area (Å²) in [4.78, 5) is 133. The number of cyclic esters (lactones) is 1. The van der Waals surface area contributed by atoms with Crippen LogP contribution in [-0.4, -0.2) is 155 Å². The molecule has 4 rings (SSSR count). The highest BCUT2D eigenvalue weighted by Crippen LogP contribution is 2.26. The number of hydrogen-bond donors (Lipinski definition) is 5. The molecule has 4 unspecified atom stereocenters. The molecule has 77 heavy (non-hydrogen) atoms. The van der Waals surface area contributed by atoms with Gasteiger partial charge in [-0.1, -0.05) is 104 Å². The largest absolute Gasteiger partial charge is 0.497 e. The molecule has 2 aliphatic heterocycles. The second kappa shape index (κ2) is 29.2. The monoisotopic (exact) mass is 1080 g/mol. The van der Waals surface area contributed by atoms with Crippen LogP contribution in [0.5, 0.6) is 5.75 Å². The molecule has 2 heterocycles. The molecule has 0 aromatic heterocycles. The van der Waals surface area contributed by atoms with Crippen LogP contribution in [0, 0.1) is 29.6 Å². The molecule has 0 radical (unpaired) electrons. The van der Waals surface area contributed by atoms with Gasteiger partial charge in [-0.05, 0) is 86.5 Å². The standard InChI is InChI=1S/C57H85N7O13/c1-14-35(8)48-45(65)30-46(66)59-47(34(6)7)50(67)36(9)51(68)58-41(27-32(2)3)54(71)64-26-18-21-42(64)55(72)62(11)44(29-38-22-24-40(75-13)25-23-38)56(73)77-37(10)49(53(70)60-48)61-52(69)43(28-33(4)5)63(12)57(74)76-31-39-19-16-15-17-20-39/h15-17,19-20,22-25,32-37,41-45,47-49,65H,14,18,21,26-31H2,1-13H3,(H,58,68)(H,59,66)(H,60,70)(H,61,69)/t35-,36-,37+,41?,42?,43+,44-,45?,47-,48+,49?/m0/s1. The molecule has 20 nitrogen and oxygen atoms in total. The van der Waals surface area contributed by atoms with E-state index in [2.05, 4.69) is 21.3 Å². The first kappa shape index (κ1) is 63.0. The van der Waals surface area contributed by atoms with Crippen molar-refractivity contribution in [3.05, 3.63) is 65.7 Å². The normalized spacial score (nSPS) is 25.6. The third-order valence-electron chi connectivity index (χ3n) is 14.6. The Balaban J connectivity index is 1.86. The molecule has 2 aromatic carbocycles. The number of carbonyl (C=O) groups excluding carboxylic acids is 9. The number of hydrogen-bond acceptors (Lipinski definition) is 13. The number of fused-ring (bicyclic) bond motifs is 1. The van der Waals surface area contributed by atoms with Crippen molar-refractivity contribution in [2.45, 2.75) is 175 Å². The van der Waals surface area contributed by atoms with E-state index in [1.54, 1.807) is 69.3 Å². The summed E-state index contributed by atoms with van der Waals surface area (Å²) in [7, 11) is 4.32. The molecule has 20 heteroatoms. The Labute approximate surface area is 454 Å². The van der Waals surface area contributed by atoms with E-state index in [9.17, 15) is 48.3 Å². The van der Waals surface area contributed by atoms with Crippen molar-refractivity contribution < 1.29 is 62.5 Å². The van der Waals surface area contributed by atoms with Gasteiger partial charge in [-0.3, -0.25) is 38.5 Å². The quantitative estimate of drug-likeness (QED) is 0.123. The smallest absolute Gasteiger partial charge is 0.410 e. The van der Waals surface area contributed by atoms with Crippen LogP contribution >= 0.6 is 0 Å². The van der Waals surface area contributed by atoms with Crippen molar-refractivity contribution in [3.8, 4) is 5.75 Å². The van der Waals surface area contributed by atoms with E-state index in [1.807, 2.05) is 40.7 Å². The zero-order valence-corrected chi connectivity index (χ0v) is 47.3. The zero-order valence-electron chi connectivity index (χ0n) is 47.3. The number of benzene rings is 2. The van der Waals surface area contributed by atoms with Crippen LogP contribution in [0.15, 0.2) is 54.6 Å².